The van der Waals surface area contributed by atoms with E-state index >= 15 is 0 Å². The lowest BCUT2D eigenvalue weighted by Crippen LogP contribution is -2.36. The van der Waals surface area contributed by atoms with Crippen LogP contribution in [-0.4, -0.2) is 37.2 Å². The van der Waals surface area contributed by atoms with Crippen LogP contribution < -0.4 is 10.2 Å². The van der Waals surface area contributed by atoms with Crippen LogP contribution in [-0.2, 0) is 11.3 Å². The zero-order valence-electron chi connectivity index (χ0n) is 13.3. The molecule has 0 unspecified atom stereocenters. The summed E-state index contributed by atoms with van der Waals surface area (Å²) < 4.78 is 18.9. The van der Waals surface area contributed by atoms with E-state index in [9.17, 15) is 9.18 Å². The number of pyridine rings is 1. The van der Waals surface area contributed by atoms with Crippen LogP contribution in [0.25, 0.3) is 0 Å². The van der Waals surface area contributed by atoms with Crippen LogP contribution in [0.3, 0.4) is 0 Å². The summed E-state index contributed by atoms with van der Waals surface area (Å²) >= 11 is 11.6. The monoisotopic (exact) mass is 383 g/mol. The predicted molar refractivity (Wildman–Crippen MR) is 94.9 cm³/mol. The van der Waals surface area contributed by atoms with Gasteiger partial charge in [-0.3, -0.25) is 4.79 Å². The molecule has 1 aliphatic heterocycles. The average Bonchev–Trinajstić information content (AvgIpc) is 2.64. The van der Waals surface area contributed by atoms with Crippen LogP contribution in [0.15, 0.2) is 30.5 Å². The summed E-state index contributed by atoms with van der Waals surface area (Å²) in [6.45, 7) is 3.18. The standard InChI is InChI=1S/C17H16Cl2FN3O2/c18-13-9-14(19)15(20)8-12(13)17(24)22-10-11-1-2-21-16(7-11)23-3-5-25-6-4-23/h1-2,7-9H,3-6,10H2,(H,22,24). The molecular formula is C17H16Cl2FN3O2. The van der Waals surface area contributed by atoms with Crippen molar-refractivity contribution < 1.29 is 13.9 Å². The second-order valence-corrected chi connectivity index (χ2v) is 6.36. The molecule has 5 nitrogen and oxygen atoms in total. The van der Waals surface area contributed by atoms with Gasteiger partial charge in [0.1, 0.15) is 11.6 Å². The maximum atomic E-state index is 13.5. The Kier molecular flexibility index (Phi) is 5.73. The van der Waals surface area contributed by atoms with Gasteiger partial charge < -0.3 is 15.0 Å². The fourth-order valence-electron chi connectivity index (χ4n) is 2.51. The summed E-state index contributed by atoms with van der Waals surface area (Å²) in [5.41, 5.74) is 0.932. The van der Waals surface area contributed by atoms with Crippen molar-refractivity contribution in [2.45, 2.75) is 6.54 Å². The van der Waals surface area contributed by atoms with E-state index in [0.29, 0.717) is 13.2 Å². The van der Waals surface area contributed by atoms with E-state index in [0.717, 1.165) is 30.5 Å². The highest BCUT2D eigenvalue weighted by Crippen LogP contribution is 2.24. The molecule has 0 atom stereocenters. The van der Waals surface area contributed by atoms with Gasteiger partial charge in [0.2, 0.25) is 0 Å². The van der Waals surface area contributed by atoms with Gasteiger partial charge >= 0.3 is 0 Å². The number of morpholine rings is 1. The highest BCUT2D eigenvalue weighted by atomic mass is 35.5. The molecule has 1 fully saturated rings. The second kappa shape index (κ2) is 7.99. The number of hydrogen-bond acceptors (Lipinski definition) is 4. The van der Waals surface area contributed by atoms with Crippen LogP contribution >= 0.6 is 23.2 Å². The Hall–Kier alpha value is -1.89. The maximum absolute atomic E-state index is 13.5. The molecule has 25 heavy (non-hydrogen) atoms. The number of carbonyl (C=O) groups excluding carboxylic acids is 1. The van der Waals surface area contributed by atoms with E-state index in [1.165, 1.54) is 6.07 Å². The minimum atomic E-state index is -0.685. The van der Waals surface area contributed by atoms with Gasteiger partial charge in [-0.05, 0) is 29.8 Å². The van der Waals surface area contributed by atoms with Gasteiger partial charge in [-0.1, -0.05) is 23.2 Å². The average molecular weight is 384 g/mol. The van der Waals surface area contributed by atoms with Gasteiger partial charge in [0, 0.05) is 25.8 Å². The molecule has 0 spiro atoms. The largest absolute Gasteiger partial charge is 0.378 e. The molecule has 1 aliphatic rings. The Balaban J connectivity index is 1.67. The van der Waals surface area contributed by atoms with Crippen LogP contribution in [0.5, 0.6) is 0 Å². The number of nitrogens with one attached hydrogen (secondary N) is 1. The number of halogens is 3. The van der Waals surface area contributed by atoms with E-state index in [-0.39, 0.29) is 22.2 Å². The summed E-state index contributed by atoms with van der Waals surface area (Å²) in [5.74, 6) is -0.314. The Morgan fingerprint density at radius 2 is 2.00 bits per heavy atom. The fraction of sp³-hybridized carbons (Fsp3) is 0.294. The molecule has 2 heterocycles. The first-order valence-corrected chi connectivity index (χ1v) is 8.50. The molecular weight excluding hydrogens is 368 g/mol. The Morgan fingerprint density at radius 1 is 1.24 bits per heavy atom. The number of aromatic nitrogens is 1. The lowest BCUT2D eigenvalue weighted by Gasteiger charge is -2.28. The lowest BCUT2D eigenvalue weighted by atomic mass is 10.2. The van der Waals surface area contributed by atoms with Gasteiger partial charge in [-0.15, -0.1) is 0 Å². The summed E-state index contributed by atoms with van der Waals surface area (Å²) in [6.07, 6.45) is 1.70. The Bertz CT molecular complexity index is 782. The number of ether oxygens (including phenoxy) is 1. The van der Waals surface area contributed by atoms with E-state index in [2.05, 4.69) is 15.2 Å². The van der Waals surface area contributed by atoms with Gasteiger partial charge in [0.05, 0.1) is 28.8 Å². The van der Waals surface area contributed by atoms with Crippen LogP contribution in [0.4, 0.5) is 10.2 Å². The summed E-state index contributed by atoms with van der Waals surface area (Å²) in [5, 5.41) is 2.71. The first-order chi connectivity index (χ1) is 12.0. The summed E-state index contributed by atoms with van der Waals surface area (Å²) in [7, 11) is 0. The lowest BCUT2D eigenvalue weighted by molar-refractivity contribution is 0.0950. The SMILES string of the molecule is O=C(NCc1ccnc(N2CCOCC2)c1)c1cc(F)c(Cl)cc1Cl. The second-order valence-electron chi connectivity index (χ2n) is 5.55. The number of rotatable bonds is 4. The van der Waals surface area contributed by atoms with E-state index < -0.39 is 11.7 Å². The molecule has 0 bridgehead atoms. The zero-order chi connectivity index (χ0) is 17.8. The zero-order valence-corrected chi connectivity index (χ0v) is 14.8. The molecule has 0 radical (unpaired) electrons. The van der Waals surface area contributed by atoms with Crippen molar-refractivity contribution in [1.82, 2.24) is 10.3 Å². The predicted octanol–water partition coefficient (Wildman–Crippen LogP) is 3.29. The minimum absolute atomic E-state index is 0.0472. The third kappa shape index (κ3) is 4.39. The molecule has 1 aromatic heterocycles. The molecule has 8 heteroatoms. The molecule has 132 valence electrons. The highest BCUT2D eigenvalue weighted by Gasteiger charge is 2.15. The van der Waals surface area contributed by atoms with Gasteiger partial charge in [-0.25, -0.2) is 9.37 Å². The number of hydrogen-bond donors (Lipinski definition) is 1. The molecule has 0 saturated carbocycles. The van der Waals surface area contributed by atoms with Crippen molar-refractivity contribution in [2.24, 2.45) is 0 Å². The smallest absolute Gasteiger partial charge is 0.253 e. The normalized spacial score (nSPS) is 14.4. The van der Waals surface area contributed by atoms with Crippen molar-refractivity contribution in [3.8, 4) is 0 Å². The van der Waals surface area contributed by atoms with Crippen molar-refractivity contribution in [3.05, 3.63) is 57.5 Å². The number of benzene rings is 1. The Morgan fingerprint density at radius 3 is 2.76 bits per heavy atom. The summed E-state index contributed by atoms with van der Waals surface area (Å²) in [6, 6.07) is 5.98. The number of amides is 1. The van der Waals surface area contributed by atoms with E-state index in [4.69, 9.17) is 27.9 Å². The van der Waals surface area contributed by atoms with Crippen molar-refractivity contribution in [3.63, 3.8) is 0 Å². The van der Waals surface area contributed by atoms with Crippen molar-refractivity contribution in [1.29, 1.82) is 0 Å². The minimum Gasteiger partial charge on any atom is -0.378 e. The quantitative estimate of drug-likeness (QED) is 0.823. The molecule has 1 saturated heterocycles. The number of carbonyl (C=O) groups is 1. The maximum Gasteiger partial charge on any atom is 0.253 e. The molecule has 1 N–H and O–H groups in total. The van der Waals surface area contributed by atoms with Crippen LogP contribution in [0.1, 0.15) is 15.9 Å². The third-order valence-electron chi connectivity index (χ3n) is 3.85. The van der Waals surface area contributed by atoms with Crippen LogP contribution in [0, 0.1) is 5.82 Å². The Labute approximate surface area is 154 Å². The molecule has 3 rings (SSSR count). The number of anilines is 1. The van der Waals surface area contributed by atoms with Gasteiger partial charge in [0.25, 0.3) is 5.91 Å². The van der Waals surface area contributed by atoms with Crippen molar-refractivity contribution >= 4 is 34.9 Å². The number of nitrogens with zero attached hydrogens (tertiary/aromatic N) is 2. The first-order valence-electron chi connectivity index (χ1n) is 7.75. The fourth-order valence-corrected chi connectivity index (χ4v) is 2.98. The van der Waals surface area contributed by atoms with Crippen LogP contribution in [0.2, 0.25) is 10.0 Å². The first kappa shape index (κ1) is 17.9. The molecule has 2 aromatic rings. The molecule has 1 amide bonds. The highest BCUT2D eigenvalue weighted by molar-refractivity contribution is 6.36. The van der Waals surface area contributed by atoms with Crippen molar-refractivity contribution in [2.75, 3.05) is 31.2 Å². The van der Waals surface area contributed by atoms with E-state index in [1.807, 2.05) is 12.1 Å². The van der Waals surface area contributed by atoms with Gasteiger partial charge in [-0.2, -0.15) is 0 Å². The molecule has 1 aromatic carbocycles. The third-order valence-corrected chi connectivity index (χ3v) is 4.46. The molecule has 0 aliphatic carbocycles. The van der Waals surface area contributed by atoms with E-state index in [1.54, 1.807) is 6.20 Å². The van der Waals surface area contributed by atoms with Gasteiger partial charge in [0.15, 0.2) is 0 Å². The topological polar surface area (TPSA) is 54.5 Å². The summed E-state index contributed by atoms with van der Waals surface area (Å²) in [4.78, 5) is 18.7.